The van der Waals surface area contributed by atoms with E-state index in [1.807, 2.05) is 11.8 Å². The molecule has 0 bridgehead atoms. The Morgan fingerprint density at radius 1 is 1.65 bits per heavy atom. The molecule has 0 aromatic heterocycles. The predicted molar refractivity (Wildman–Crippen MR) is 68.6 cm³/mol. The molecular formula is C13H24N2O2. The Morgan fingerprint density at radius 3 is 2.82 bits per heavy atom. The molecule has 2 atom stereocenters. The van der Waals surface area contributed by atoms with E-state index in [9.17, 15) is 4.79 Å². The van der Waals surface area contributed by atoms with Gasteiger partial charge in [-0.3, -0.25) is 4.79 Å². The minimum absolute atomic E-state index is 0.0760. The Bertz CT molecular complexity index is 289. The summed E-state index contributed by atoms with van der Waals surface area (Å²) in [5.41, 5.74) is 7.23. The summed E-state index contributed by atoms with van der Waals surface area (Å²) < 4.78 is 5.08. The van der Waals surface area contributed by atoms with Gasteiger partial charge in [-0.05, 0) is 17.9 Å². The quantitative estimate of drug-likeness (QED) is 0.734. The van der Waals surface area contributed by atoms with E-state index in [0.717, 1.165) is 19.4 Å². The lowest BCUT2D eigenvalue weighted by Gasteiger charge is -2.30. The first kappa shape index (κ1) is 14.2. The van der Waals surface area contributed by atoms with Crippen LogP contribution in [0.2, 0.25) is 0 Å². The molecular weight excluding hydrogens is 216 g/mol. The highest BCUT2D eigenvalue weighted by atomic mass is 16.5. The lowest BCUT2D eigenvalue weighted by atomic mass is 9.98. The van der Waals surface area contributed by atoms with E-state index in [1.54, 1.807) is 7.11 Å². The highest BCUT2D eigenvalue weighted by molar-refractivity contribution is 5.82. The molecule has 0 aromatic carbocycles. The molecule has 17 heavy (non-hydrogen) atoms. The van der Waals surface area contributed by atoms with E-state index in [4.69, 9.17) is 10.5 Å². The summed E-state index contributed by atoms with van der Waals surface area (Å²) in [7, 11) is 1.69. The highest BCUT2D eigenvalue weighted by Gasteiger charge is 2.25. The zero-order chi connectivity index (χ0) is 12.8. The Balaban J connectivity index is 2.51. The molecule has 0 saturated carbocycles. The van der Waals surface area contributed by atoms with E-state index in [2.05, 4.69) is 13.0 Å². The fourth-order valence-electron chi connectivity index (χ4n) is 1.94. The number of hydrogen-bond acceptors (Lipinski definition) is 3. The van der Waals surface area contributed by atoms with Crippen LogP contribution in [0.1, 0.15) is 26.7 Å². The Hall–Kier alpha value is -0.870. The van der Waals surface area contributed by atoms with Crippen molar-refractivity contribution in [3.63, 3.8) is 0 Å². The zero-order valence-corrected chi connectivity index (χ0v) is 11.1. The van der Waals surface area contributed by atoms with Gasteiger partial charge in [0.15, 0.2) is 0 Å². The second-order valence-electron chi connectivity index (χ2n) is 4.74. The molecule has 0 radical (unpaired) electrons. The third kappa shape index (κ3) is 3.82. The Morgan fingerprint density at radius 2 is 2.35 bits per heavy atom. The van der Waals surface area contributed by atoms with Crippen molar-refractivity contribution in [2.75, 3.05) is 26.8 Å². The van der Waals surface area contributed by atoms with Gasteiger partial charge in [-0.1, -0.05) is 26.3 Å². The monoisotopic (exact) mass is 240 g/mol. The summed E-state index contributed by atoms with van der Waals surface area (Å²) in [4.78, 5) is 13.9. The van der Waals surface area contributed by atoms with Gasteiger partial charge in [-0.25, -0.2) is 0 Å². The van der Waals surface area contributed by atoms with Crippen LogP contribution in [-0.2, 0) is 9.53 Å². The number of carbonyl (C=O) groups is 1. The number of hydrogen-bond donors (Lipinski definition) is 1. The maximum absolute atomic E-state index is 12.1. The molecule has 0 saturated heterocycles. The van der Waals surface area contributed by atoms with Crippen LogP contribution in [0.25, 0.3) is 0 Å². The first-order chi connectivity index (χ1) is 8.10. The van der Waals surface area contributed by atoms with E-state index in [-0.39, 0.29) is 17.9 Å². The first-order valence-corrected chi connectivity index (χ1v) is 6.31. The van der Waals surface area contributed by atoms with E-state index in [1.165, 1.54) is 5.57 Å². The van der Waals surface area contributed by atoms with Crippen molar-refractivity contribution in [2.24, 2.45) is 11.7 Å². The third-order valence-corrected chi connectivity index (χ3v) is 3.49. The number of carbonyl (C=O) groups excluding carboxylic acids is 1. The molecule has 0 spiro atoms. The van der Waals surface area contributed by atoms with Gasteiger partial charge in [0, 0.05) is 20.2 Å². The molecule has 2 unspecified atom stereocenters. The molecule has 4 heteroatoms. The summed E-state index contributed by atoms with van der Waals surface area (Å²) in [5, 5.41) is 0. The average molecular weight is 240 g/mol. The average Bonchev–Trinajstić information content (AvgIpc) is 2.37. The molecule has 1 amide bonds. The second kappa shape index (κ2) is 6.77. The van der Waals surface area contributed by atoms with Crippen LogP contribution in [0.15, 0.2) is 11.6 Å². The molecule has 1 heterocycles. The SMILES string of the molecule is CCC(C)C(N)C(=O)N1CC=C(COC)CC1. The number of nitrogens with zero attached hydrogens (tertiary/aromatic N) is 1. The maximum Gasteiger partial charge on any atom is 0.240 e. The van der Waals surface area contributed by atoms with Crippen LogP contribution in [0, 0.1) is 5.92 Å². The molecule has 4 nitrogen and oxygen atoms in total. The van der Waals surface area contributed by atoms with Crippen LogP contribution >= 0.6 is 0 Å². The van der Waals surface area contributed by atoms with Crippen LogP contribution in [0.3, 0.4) is 0 Å². The summed E-state index contributed by atoms with van der Waals surface area (Å²) in [6.45, 7) is 6.18. The zero-order valence-electron chi connectivity index (χ0n) is 11.1. The summed E-state index contributed by atoms with van der Waals surface area (Å²) in [6.07, 6.45) is 3.91. The molecule has 2 N–H and O–H groups in total. The standard InChI is InChI=1S/C13H24N2O2/c1-4-10(2)12(14)13(16)15-7-5-11(6-8-15)9-17-3/h5,10,12H,4,6-9,14H2,1-3H3. The van der Waals surface area contributed by atoms with Gasteiger partial charge in [-0.15, -0.1) is 0 Å². The molecule has 0 fully saturated rings. The van der Waals surface area contributed by atoms with Gasteiger partial charge in [0.1, 0.15) is 0 Å². The molecule has 1 rings (SSSR count). The minimum atomic E-state index is -0.364. The number of rotatable bonds is 5. The van der Waals surface area contributed by atoms with E-state index in [0.29, 0.717) is 13.2 Å². The lowest BCUT2D eigenvalue weighted by Crippen LogP contribution is -2.48. The number of nitrogens with two attached hydrogens (primary N) is 1. The van der Waals surface area contributed by atoms with E-state index >= 15 is 0 Å². The number of amides is 1. The third-order valence-electron chi connectivity index (χ3n) is 3.49. The largest absolute Gasteiger partial charge is 0.380 e. The lowest BCUT2D eigenvalue weighted by molar-refractivity contribution is -0.133. The topological polar surface area (TPSA) is 55.6 Å². The van der Waals surface area contributed by atoms with Crippen molar-refractivity contribution >= 4 is 5.91 Å². The van der Waals surface area contributed by atoms with Gasteiger partial charge >= 0.3 is 0 Å². The number of methoxy groups -OCH3 is 1. The van der Waals surface area contributed by atoms with Gasteiger partial charge < -0.3 is 15.4 Å². The smallest absolute Gasteiger partial charge is 0.240 e. The van der Waals surface area contributed by atoms with Gasteiger partial charge in [0.05, 0.1) is 12.6 Å². The van der Waals surface area contributed by atoms with Gasteiger partial charge in [0.2, 0.25) is 5.91 Å². The molecule has 0 aromatic rings. The van der Waals surface area contributed by atoms with Crippen LogP contribution in [0.4, 0.5) is 0 Å². The summed E-state index contributed by atoms with van der Waals surface area (Å²) in [5.74, 6) is 0.318. The van der Waals surface area contributed by atoms with Crippen molar-refractivity contribution < 1.29 is 9.53 Å². The number of ether oxygens (including phenoxy) is 1. The van der Waals surface area contributed by atoms with Crippen molar-refractivity contribution in [2.45, 2.75) is 32.7 Å². The summed E-state index contributed by atoms with van der Waals surface area (Å²) >= 11 is 0. The van der Waals surface area contributed by atoms with E-state index < -0.39 is 0 Å². The van der Waals surface area contributed by atoms with Crippen molar-refractivity contribution in [1.29, 1.82) is 0 Å². The summed E-state index contributed by atoms with van der Waals surface area (Å²) in [6, 6.07) is -0.364. The predicted octanol–water partition coefficient (Wildman–Crippen LogP) is 1.16. The molecule has 98 valence electrons. The molecule has 1 aliphatic rings. The van der Waals surface area contributed by atoms with Crippen LogP contribution in [-0.4, -0.2) is 43.7 Å². The van der Waals surface area contributed by atoms with Crippen molar-refractivity contribution in [3.8, 4) is 0 Å². The fraction of sp³-hybridized carbons (Fsp3) is 0.769. The molecule has 1 aliphatic heterocycles. The fourth-order valence-corrected chi connectivity index (χ4v) is 1.94. The van der Waals surface area contributed by atoms with Gasteiger partial charge in [-0.2, -0.15) is 0 Å². The van der Waals surface area contributed by atoms with Crippen molar-refractivity contribution in [3.05, 3.63) is 11.6 Å². The van der Waals surface area contributed by atoms with Gasteiger partial charge in [0.25, 0.3) is 0 Å². The normalized spacial score (nSPS) is 19.8. The minimum Gasteiger partial charge on any atom is -0.380 e. The highest BCUT2D eigenvalue weighted by Crippen LogP contribution is 2.14. The second-order valence-corrected chi connectivity index (χ2v) is 4.74. The Labute approximate surface area is 104 Å². The first-order valence-electron chi connectivity index (χ1n) is 6.31. The van der Waals surface area contributed by atoms with Crippen molar-refractivity contribution in [1.82, 2.24) is 4.90 Å². The van der Waals surface area contributed by atoms with Crippen LogP contribution < -0.4 is 5.73 Å². The van der Waals surface area contributed by atoms with Crippen LogP contribution in [0.5, 0.6) is 0 Å². The Kier molecular flexibility index (Phi) is 5.65. The molecule has 0 aliphatic carbocycles. The maximum atomic E-state index is 12.1.